The maximum absolute atomic E-state index is 11.3. The molecule has 0 radical (unpaired) electrons. The Morgan fingerprint density at radius 2 is 1.93 bits per heavy atom. The fraction of sp³-hybridized carbons (Fsp3) is 0.458. The summed E-state index contributed by atoms with van der Waals surface area (Å²) in [5, 5.41) is 6.83. The van der Waals surface area contributed by atoms with Crippen molar-refractivity contribution in [2.45, 2.75) is 70.9 Å². The molecule has 0 aliphatic heterocycles. The van der Waals surface area contributed by atoms with Crippen LogP contribution in [-0.2, 0) is 17.6 Å². The molecule has 3 unspecified atom stereocenters. The average molecular weight is 365 g/mol. The van der Waals surface area contributed by atoms with Crippen molar-refractivity contribution in [3.8, 4) is 0 Å². The molecule has 3 nitrogen and oxygen atoms in total. The minimum absolute atomic E-state index is 0.0126. The number of benzene rings is 2. The van der Waals surface area contributed by atoms with Crippen molar-refractivity contribution in [3.63, 3.8) is 0 Å². The van der Waals surface area contributed by atoms with E-state index in [4.69, 9.17) is 0 Å². The highest BCUT2D eigenvalue weighted by Crippen LogP contribution is 2.27. The summed E-state index contributed by atoms with van der Waals surface area (Å²) >= 11 is 0. The molecule has 1 amide bonds. The Morgan fingerprint density at radius 3 is 2.63 bits per heavy atom. The van der Waals surface area contributed by atoms with Crippen molar-refractivity contribution < 1.29 is 4.79 Å². The number of carbonyl (C=O) groups excluding carboxylic acids is 1. The highest BCUT2D eigenvalue weighted by molar-refractivity contribution is 5.88. The van der Waals surface area contributed by atoms with Crippen molar-refractivity contribution in [2.75, 3.05) is 5.32 Å². The van der Waals surface area contributed by atoms with E-state index >= 15 is 0 Å². The molecule has 3 heteroatoms. The van der Waals surface area contributed by atoms with Crippen LogP contribution in [-0.4, -0.2) is 18.0 Å². The zero-order chi connectivity index (χ0) is 19.2. The molecule has 0 spiro atoms. The van der Waals surface area contributed by atoms with E-state index in [0.29, 0.717) is 18.0 Å². The van der Waals surface area contributed by atoms with Gasteiger partial charge < -0.3 is 10.6 Å². The number of anilines is 1. The first kappa shape index (κ1) is 19.6. The van der Waals surface area contributed by atoms with Crippen molar-refractivity contribution in [3.05, 3.63) is 65.2 Å². The fourth-order valence-electron chi connectivity index (χ4n) is 4.21. The van der Waals surface area contributed by atoms with Gasteiger partial charge in [-0.1, -0.05) is 50.2 Å². The van der Waals surface area contributed by atoms with Crippen LogP contribution in [0.3, 0.4) is 0 Å². The van der Waals surface area contributed by atoms with Gasteiger partial charge in [0.05, 0.1) is 0 Å². The molecule has 1 aliphatic rings. The molecule has 0 bridgehead atoms. The first-order valence-electron chi connectivity index (χ1n) is 10.3. The lowest BCUT2D eigenvalue weighted by atomic mass is 9.86. The highest BCUT2D eigenvalue weighted by atomic mass is 16.1. The van der Waals surface area contributed by atoms with Gasteiger partial charge in [0.25, 0.3) is 0 Å². The Hall–Kier alpha value is -2.13. The molecular weight excluding hydrogens is 332 g/mol. The smallest absolute Gasteiger partial charge is 0.221 e. The lowest BCUT2D eigenvalue weighted by Crippen LogP contribution is -2.42. The third-order valence-electron chi connectivity index (χ3n) is 5.73. The molecule has 27 heavy (non-hydrogen) atoms. The van der Waals surface area contributed by atoms with Crippen LogP contribution in [0.2, 0.25) is 0 Å². The van der Waals surface area contributed by atoms with Crippen LogP contribution in [0.5, 0.6) is 0 Å². The molecular formula is C24H32N2O. The molecule has 0 saturated heterocycles. The van der Waals surface area contributed by atoms with Gasteiger partial charge in [-0.3, -0.25) is 4.79 Å². The maximum atomic E-state index is 11.3. The molecule has 2 N–H and O–H groups in total. The number of hydrogen-bond donors (Lipinski definition) is 2. The van der Waals surface area contributed by atoms with Gasteiger partial charge in [-0.15, -0.1) is 0 Å². The van der Waals surface area contributed by atoms with Crippen LogP contribution in [0.4, 0.5) is 5.69 Å². The SMILES string of the molecule is CCC(CC(C)c1ccccc1)NC1CCc2ccc(NC(C)=O)cc2C1. The van der Waals surface area contributed by atoms with E-state index in [1.54, 1.807) is 6.92 Å². The number of nitrogens with one attached hydrogen (secondary N) is 2. The van der Waals surface area contributed by atoms with E-state index in [1.807, 2.05) is 6.07 Å². The maximum Gasteiger partial charge on any atom is 0.221 e. The lowest BCUT2D eigenvalue weighted by molar-refractivity contribution is -0.114. The summed E-state index contributed by atoms with van der Waals surface area (Å²) in [7, 11) is 0. The number of carbonyl (C=O) groups is 1. The Balaban J connectivity index is 1.61. The molecule has 0 saturated carbocycles. The van der Waals surface area contributed by atoms with E-state index < -0.39 is 0 Å². The lowest BCUT2D eigenvalue weighted by Gasteiger charge is -2.31. The number of amides is 1. The molecule has 2 aromatic carbocycles. The van der Waals surface area contributed by atoms with Gasteiger partial charge in [0.2, 0.25) is 5.91 Å². The topological polar surface area (TPSA) is 41.1 Å². The Kier molecular flexibility index (Phi) is 6.68. The summed E-state index contributed by atoms with van der Waals surface area (Å²) in [6.07, 6.45) is 5.64. The van der Waals surface area contributed by atoms with Gasteiger partial charge in [0, 0.05) is 24.7 Å². The van der Waals surface area contributed by atoms with Crippen molar-refractivity contribution in [2.24, 2.45) is 0 Å². The van der Waals surface area contributed by atoms with Crippen LogP contribution in [0.25, 0.3) is 0 Å². The van der Waals surface area contributed by atoms with Crippen LogP contribution in [0.1, 0.15) is 62.6 Å². The van der Waals surface area contributed by atoms with Crippen LogP contribution in [0, 0.1) is 0 Å². The predicted molar refractivity (Wildman–Crippen MR) is 113 cm³/mol. The summed E-state index contributed by atoms with van der Waals surface area (Å²) in [6, 6.07) is 18.2. The fourth-order valence-corrected chi connectivity index (χ4v) is 4.21. The van der Waals surface area contributed by atoms with Gasteiger partial charge in [-0.05, 0) is 66.8 Å². The first-order valence-corrected chi connectivity index (χ1v) is 10.3. The average Bonchev–Trinajstić information content (AvgIpc) is 2.67. The normalized spacial score (nSPS) is 18.4. The van der Waals surface area contributed by atoms with Crippen molar-refractivity contribution in [1.82, 2.24) is 5.32 Å². The minimum Gasteiger partial charge on any atom is -0.326 e. The van der Waals surface area contributed by atoms with Crippen LogP contribution >= 0.6 is 0 Å². The monoisotopic (exact) mass is 364 g/mol. The number of aryl methyl sites for hydroxylation is 1. The highest BCUT2D eigenvalue weighted by Gasteiger charge is 2.22. The summed E-state index contributed by atoms with van der Waals surface area (Å²) in [5.74, 6) is 0.548. The predicted octanol–water partition coefficient (Wildman–Crippen LogP) is 5.06. The van der Waals surface area contributed by atoms with Gasteiger partial charge in [0.1, 0.15) is 0 Å². The van der Waals surface area contributed by atoms with E-state index in [0.717, 1.165) is 31.4 Å². The van der Waals surface area contributed by atoms with E-state index in [2.05, 4.69) is 66.9 Å². The Morgan fingerprint density at radius 1 is 1.15 bits per heavy atom. The van der Waals surface area contributed by atoms with Gasteiger partial charge >= 0.3 is 0 Å². The second-order valence-corrected chi connectivity index (χ2v) is 7.92. The molecule has 144 valence electrons. The van der Waals surface area contributed by atoms with Crippen molar-refractivity contribution >= 4 is 11.6 Å². The van der Waals surface area contributed by atoms with Gasteiger partial charge in [-0.2, -0.15) is 0 Å². The van der Waals surface area contributed by atoms with E-state index in [-0.39, 0.29) is 5.91 Å². The summed E-state index contributed by atoms with van der Waals surface area (Å²) < 4.78 is 0. The zero-order valence-corrected chi connectivity index (χ0v) is 16.8. The Bertz CT molecular complexity index is 756. The third-order valence-corrected chi connectivity index (χ3v) is 5.73. The van der Waals surface area contributed by atoms with Gasteiger partial charge in [-0.25, -0.2) is 0 Å². The summed E-state index contributed by atoms with van der Waals surface area (Å²) in [6.45, 7) is 6.17. The minimum atomic E-state index is -0.0126. The summed E-state index contributed by atoms with van der Waals surface area (Å²) in [4.78, 5) is 11.3. The standard InChI is InChI=1S/C24H32N2O/c1-4-22(14-17(2)19-8-6-5-7-9-19)26-24-13-11-20-10-12-23(25-18(3)27)15-21(20)16-24/h5-10,12,15,17,22,24,26H,4,11,13-14,16H2,1-3H3,(H,25,27). The largest absolute Gasteiger partial charge is 0.326 e. The number of rotatable bonds is 7. The second-order valence-electron chi connectivity index (χ2n) is 7.92. The van der Waals surface area contributed by atoms with E-state index in [9.17, 15) is 4.79 Å². The number of hydrogen-bond acceptors (Lipinski definition) is 2. The zero-order valence-electron chi connectivity index (χ0n) is 16.8. The molecule has 2 aromatic rings. The van der Waals surface area contributed by atoms with Gasteiger partial charge in [0.15, 0.2) is 0 Å². The second kappa shape index (κ2) is 9.18. The Labute approximate surface area is 163 Å². The quantitative estimate of drug-likeness (QED) is 0.720. The third kappa shape index (κ3) is 5.43. The molecule has 0 fully saturated rings. The van der Waals surface area contributed by atoms with E-state index in [1.165, 1.54) is 23.1 Å². The summed E-state index contributed by atoms with van der Waals surface area (Å²) in [5.41, 5.74) is 5.13. The molecule has 3 rings (SSSR count). The number of fused-ring (bicyclic) bond motifs is 1. The molecule has 1 aliphatic carbocycles. The molecule has 0 heterocycles. The molecule has 0 aromatic heterocycles. The van der Waals surface area contributed by atoms with Crippen LogP contribution in [0.15, 0.2) is 48.5 Å². The van der Waals surface area contributed by atoms with Crippen LogP contribution < -0.4 is 10.6 Å². The molecule has 3 atom stereocenters. The first-order chi connectivity index (χ1) is 13.0. The van der Waals surface area contributed by atoms with Crippen molar-refractivity contribution in [1.29, 1.82) is 0 Å².